The number of carboxylic acids is 1. The van der Waals surface area contributed by atoms with Crippen molar-refractivity contribution in [2.45, 2.75) is 25.4 Å². The Morgan fingerprint density at radius 3 is 2.37 bits per heavy atom. The summed E-state index contributed by atoms with van der Waals surface area (Å²) in [6.45, 7) is 4.36. The van der Waals surface area contributed by atoms with Crippen molar-refractivity contribution >= 4 is 17.6 Å². The zero-order valence-corrected chi connectivity index (χ0v) is 21.3. The summed E-state index contributed by atoms with van der Waals surface area (Å²) in [5.74, 6) is -0.258. The van der Waals surface area contributed by atoms with E-state index in [9.17, 15) is 27.9 Å². The van der Waals surface area contributed by atoms with Crippen LogP contribution in [0.4, 0.5) is 18.9 Å². The molecule has 2 atom stereocenters. The Morgan fingerprint density at radius 1 is 0.947 bits per heavy atom. The zero-order chi connectivity index (χ0) is 27.1. The number of alkyl halides is 3. The van der Waals surface area contributed by atoms with Gasteiger partial charge in [-0.15, -0.1) is 0 Å². The largest absolute Gasteiger partial charge is 0.484 e. The van der Waals surface area contributed by atoms with Gasteiger partial charge in [0, 0.05) is 51.4 Å². The van der Waals surface area contributed by atoms with Crippen molar-refractivity contribution in [3.05, 3.63) is 60.2 Å². The Kier molecular flexibility index (Phi) is 9.14. The van der Waals surface area contributed by atoms with Gasteiger partial charge in [0.15, 0.2) is 6.61 Å². The number of piperazine rings is 1. The fourth-order valence-electron chi connectivity index (χ4n) is 5.34. The van der Waals surface area contributed by atoms with E-state index >= 15 is 0 Å². The number of halogens is 3. The lowest BCUT2D eigenvalue weighted by molar-refractivity contribution is -0.141. The first-order chi connectivity index (χ1) is 18.2. The Hall–Kier alpha value is -3.27. The SMILES string of the molecule is O=C(O)C[C@@H]1CCN(C(=O)COc2ccccc2)C[C@@H]1CCN1CCN(c2cccc(C(F)(F)F)c2)CC1. The molecule has 0 radical (unpaired) electrons. The molecule has 2 heterocycles. The van der Waals surface area contributed by atoms with E-state index in [0.29, 0.717) is 57.1 Å². The molecule has 2 aliphatic heterocycles. The van der Waals surface area contributed by atoms with Gasteiger partial charge in [-0.3, -0.25) is 14.5 Å². The van der Waals surface area contributed by atoms with E-state index in [1.54, 1.807) is 23.1 Å². The van der Waals surface area contributed by atoms with E-state index in [0.717, 1.165) is 19.0 Å². The monoisotopic (exact) mass is 533 g/mol. The van der Waals surface area contributed by atoms with Gasteiger partial charge in [0.25, 0.3) is 5.91 Å². The first kappa shape index (κ1) is 27.8. The number of carbonyl (C=O) groups excluding carboxylic acids is 1. The maximum absolute atomic E-state index is 13.1. The molecule has 10 heteroatoms. The number of benzene rings is 2. The molecule has 2 aliphatic rings. The van der Waals surface area contributed by atoms with Crippen LogP contribution in [0.15, 0.2) is 54.6 Å². The summed E-state index contributed by atoms with van der Waals surface area (Å²) in [7, 11) is 0. The van der Waals surface area contributed by atoms with Crippen LogP contribution in [0.25, 0.3) is 0 Å². The maximum atomic E-state index is 13.1. The Labute approximate surface area is 220 Å². The molecule has 0 saturated carbocycles. The predicted molar refractivity (Wildman–Crippen MR) is 137 cm³/mol. The van der Waals surface area contributed by atoms with Gasteiger partial charge in [-0.1, -0.05) is 24.3 Å². The molecular weight excluding hydrogens is 499 g/mol. The number of carboxylic acid groups (broad SMARTS) is 1. The van der Waals surface area contributed by atoms with Gasteiger partial charge in [-0.05, 0) is 61.6 Å². The number of amides is 1. The summed E-state index contributed by atoms with van der Waals surface area (Å²) in [6, 6.07) is 14.6. The first-order valence-corrected chi connectivity index (χ1v) is 13.0. The lowest BCUT2D eigenvalue weighted by Crippen LogP contribution is -2.49. The maximum Gasteiger partial charge on any atom is 0.416 e. The first-order valence-electron chi connectivity index (χ1n) is 13.0. The molecule has 0 aromatic heterocycles. The highest BCUT2D eigenvalue weighted by Crippen LogP contribution is 2.32. The Balaban J connectivity index is 1.29. The van der Waals surface area contributed by atoms with E-state index in [1.165, 1.54) is 12.1 Å². The third-order valence-corrected chi connectivity index (χ3v) is 7.51. The van der Waals surface area contributed by atoms with Crippen LogP contribution < -0.4 is 9.64 Å². The van der Waals surface area contributed by atoms with Gasteiger partial charge in [0.05, 0.1) is 5.56 Å². The van der Waals surface area contributed by atoms with Crippen molar-refractivity contribution in [2.24, 2.45) is 11.8 Å². The number of hydrogen-bond donors (Lipinski definition) is 1. The van der Waals surface area contributed by atoms with Crippen LogP contribution in [0, 0.1) is 11.8 Å². The van der Waals surface area contributed by atoms with Gasteiger partial charge in [-0.2, -0.15) is 13.2 Å². The smallest absolute Gasteiger partial charge is 0.416 e. The number of aliphatic carboxylic acids is 1. The van der Waals surface area contributed by atoms with Crippen LogP contribution in [0.2, 0.25) is 0 Å². The lowest BCUT2D eigenvalue weighted by Gasteiger charge is -2.40. The highest BCUT2D eigenvalue weighted by molar-refractivity contribution is 5.78. The van der Waals surface area contributed by atoms with Gasteiger partial charge < -0.3 is 19.6 Å². The third kappa shape index (κ3) is 7.63. The summed E-state index contributed by atoms with van der Waals surface area (Å²) in [4.78, 5) is 30.3. The summed E-state index contributed by atoms with van der Waals surface area (Å²) in [6.07, 6.45) is -2.90. The number of ether oxygens (including phenoxy) is 1. The molecule has 0 spiro atoms. The minimum Gasteiger partial charge on any atom is -0.484 e. The molecule has 2 aromatic carbocycles. The van der Waals surface area contributed by atoms with Gasteiger partial charge in [0.1, 0.15) is 5.75 Å². The minimum atomic E-state index is -4.37. The zero-order valence-electron chi connectivity index (χ0n) is 21.3. The van der Waals surface area contributed by atoms with Crippen LogP contribution in [-0.2, 0) is 15.8 Å². The number of rotatable bonds is 9. The molecule has 2 saturated heterocycles. The van der Waals surface area contributed by atoms with Crippen molar-refractivity contribution < 1.29 is 32.6 Å². The van der Waals surface area contributed by atoms with E-state index < -0.39 is 17.7 Å². The van der Waals surface area contributed by atoms with Crippen LogP contribution in [0.5, 0.6) is 5.75 Å². The van der Waals surface area contributed by atoms with Crippen LogP contribution in [0.1, 0.15) is 24.8 Å². The number of nitrogens with zero attached hydrogens (tertiary/aromatic N) is 3. The van der Waals surface area contributed by atoms with Crippen LogP contribution in [-0.4, -0.2) is 79.2 Å². The second-order valence-electron chi connectivity index (χ2n) is 10.0. The van der Waals surface area contributed by atoms with Crippen LogP contribution in [0.3, 0.4) is 0 Å². The van der Waals surface area contributed by atoms with Gasteiger partial charge >= 0.3 is 12.1 Å². The molecule has 38 heavy (non-hydrogen) atoms. The summed E-state index contributed by atoms with van der Waals surface area (Å²) in [5, 5.41) is 9.41. The molecule has 7 nitrogen and oxygen atoms in total. The average Bonchev–Trinajstić information content (AvgIpc) is 2.91. The van der Waals surface area contributed by atoms with E-state index in [2.05, 4.69) is 4.90 Å². The van der Waals surface area contributed by atoms with Crippen molar-refractivity contribution in [1.29, 1.82) is 0 Å². The van der Waals surface area contributed by atoms with Crippen molar-refractivity contribution in [1.82, 2.24) is 9.80 Å². The molecule has 2 aromatic rings. The summed E-state index contributed by atoms with van der Waals surface area (Å²) in [5.41, 5.74) is -0.0763. The second-order valence-corrected chi connectivity index (χ2v) is 10.0. The van der Waals surface area contributed by atoms with Crippen molar-refractivity contribution in [3.63, 3.8) is 0 Å². The van der Waals surface area contributed by atoms with Crippen LogP contribution >= 0.6 is 0 Å². The molecule has 4 rings (SSSR count). The summed E-state index contributed by atoms with van der Waals surface area (Å²) >= 11 is 0. The van der Waals surface area contributed by atoms with Gasteiger partial charge in [-0.25, -0.2) is 0 Å². The topological polar surface area (TPSA) is 73.3 Å². The second kappa shape index (κ2) is 12.5. The van der Waals surface area contributed by atoms with Gasteiger partial charge in [0.2, 0.25) is 0 Å². The minimum absolute atomic E-state index is 0.00186. The number of carbonyl (C=O) groups is 2. The quantitative estimate of drug-likeness (QED) is 0.520. The van der Waals surface area contributed by atoms with E-state index in [-0.39, 0.29) is 30.8 Å². The summed E-state index contributed by atoms with van der Waals surface area (Å²) < 4.78 is 44.9. The molecule has 0 aliphatic carbocycles. The van der Waals surface area contributed by atoms with E-state index in [1.807, 2.05) is 23.1 Å². The number of likely N-dealkylation sites (tertiary alicyclic amines) is 1. The fraction of sp³-hybridized carbons (Fsp3) is 0.500. The molecule has 206 valence electrons. The molecule has 0 bridgehead atoms. The number of anilines is 1. The number of piperidine rings is 1. The molecule has 2 fully saturated rings. The van der Waals surface area contributed by atoms with E-state index in [4.69, 9.17) is 4.74 Å². The highest BCUT2D eigenvalue weighted by atomic mass is 19.4. The Bertz CT molecular complexity index is 1070. The number of hydrogen-bond acceptors (Lipinski definition) is 5. The third-order valence-electron chi connectivity index (χ3n) is 7.51. The normalized spacial score (nSPS) is 20.8. The molecular formula is C28H34F3N3O4. The Morgan fingerprint density at radius 2 is 1.68 bits per heavy atom. The van der Waals surface area contributed by atoms with Crippen molar-refractivity contribution in [2.75, 3.05) is 57.3 Å². The standard InChI is InChI=1S/C28H34F3N3O4/c29-28(30,31)23-5-4-6-24(18-23)33-15-13-32(14-16-33)11-9-22-19-34(12-10-21(22)17-27(36)37)26(35)20-38-25-7-2-1-3-8-25/h1-8,18,21-22H,9-17,19-20H2,(H,36,37)/t21-,22-/m0/s1. The van der Waals surface area contributed by atoms with Crippen molar-refractivity contribution in [3.8, 4) is 5.75 Å². The molecule has 1 N–H and O–H groups in total. The number of para-hydroxylation sites is 1. The fourth-order valence-corrected chi connectivity index (χ4v) is 5.34. The molecule has 1 amide bonds. The predicted octanol–water partition coefficient (Wildman–Crippen LogP) is 4.24. The average molecular weight is 534 g/mol. The molecule has 0 unspecified atom stereocenters. The highest BCUT2D eigenvalue weighted by Gasteiger charge is 2.34. The lowest BCUT2D eigenvalue weighted by atomic mass is 9.81.